The quantitative estimate of drug-likeness (QED) is 0.293. The van der Waals surface area contributed by atoms with Gasteiger partial charge in [0.05, 0.1) is 0 Å². The fraction of sp³-hybridized carbons (Fsp3) is 0.105. The maximum Gasteiger partial charge on any atom is 0.335 e. The summed E-state index contributed by atoms with van der Waals surface area (Å²) in [6.45, 7) is 7.46. The number of hydrogen-bond donors (Lipinski definition) is 0. The molecule has 0 radical (unpaired) electrons. The first kappa shape index (κ1) is 13.4. The second-order valence-electron chi connectivity index (χ2n) is 5.26. The molecular weight excluding hydrogens is 260 g/mol. The van der Waals surface area contributed by atoms with Crippen LogP contribution in [0.15, 0.2) is 55.1 Å². The molecule has 0 fully saturated rings. The molecule has 2 nitrogen and oxygen atoms in total. The summed E-state index contributed by atoms with van der Waals surface area (Å²) in [6, 6.07) is 14.6. The van der Waals surface area contributed by atoms with Crippen molar-refractivity contribution < 1.29 is 9.53 Å². The van der Waals surface area contributed by atoms with Crippen LogP contribution in [0.4, 0.5) is 0 Å². The lowest BCUT2D eigenvalue weighted by Gasteiger charge is -2.11. The lowest BCUT2D eigenvalue weighted by molar-refractivity contribution is -0.128. The van der Waals surface area contributed by atoms with E-state index in [1.165, 1.54) is 17.0 Å². The van der Waals surface area contributed by atoms with Crippen LogP contribution in [-0.2, 0) is 4.79 Å². The van der Waals surface area contributed by atoms with E-state index >= 15 is 0 Å². The van der Waals surface area contributed by atoms with Crippen molar-refractivity contribution in [3.63, 3.8) is 0 Å². The molecule has 0 bridgehead atoms. The Kier molecular flexibility index (Phi) is 3.22. The molecule has 0 amide bonds. The fourth-order valence-electron chi connectivity index (χ4n) is 2.55. The van der Waals surface area contributed by atoms with Gasteiger partial charge in [-0.1, -0.05) is 42.5 Å². The molecule has 3 aromatic rings. The Bertz CT molecular complexity index is 875. The summed E-state index contributed by atoms with van der Waals surface area (Å²) in [5.74, 6) is 0.177. The Balaban J connectivity index is 2.32. The topological polar surface area (TPSA) is 26.3 Å². The van der Waals surface area contributed by atoms with E-state index in [4.69, 9.17) is 4.74 Å². The van der Waals surface area contributed by atoms with Gasteiger partial charge in [-0.3, -0.25) is 0 Å². The first-order valence-electron chi connectivity index (χ1n) is 6.86. The van der Waals surface area contributed by atoms with Gasteiger partial charge in [-0.05, 0) is 47.7 Å². The molecule has 0 heterocycles. The minimum Gasteiger partial charge on any atom is -0.422 e. The lowest BCUT2D eigenvalue weighted by Crippen LogP contribution is -2.04. The summed E-state index contributed by atoms with van der Waals surface area (Å²) < 4.78 is 5.43. The lowest BCUT2D eigenvalue weighted by atomic mass is 10.00. The molecule has 0 unspecified atom stereocenters. The van der Waals surface area contributed by atoms with Crippen molar-refractivity contribution in [2.45, 2.75) is 13.8 Å². The van der Waals surface area contributed by atoms with E-state index in [0.717, 1.165) is 21.7 Å². The van der Waals surface area contributed by atoms with E-state index in [1.54, 1.807) is 0 Å². The average molecular weight is 276 g/mol. The van der Waals surface area contributed by atoms with Gasteiger partial charge in [0.15, 0.2) is 0 Å². The Morgan fingerprint density at radius 3 is 2.52 bits per heavy atom. The SMILES string of the molecule is C=CC(=O)Oc1c(C)ccc2cc3ccc(C)cc3cc12. The number of benzene rings is 3. The molecule has 0 atom stereocenters. The third-order valence-electron chi connectivity index (χ3n) is 3.65. The standard InChI is InChI=1S/C19H16O2/c1-4-18(20)21-19-13(3)6-8-15-10-14-7-5-12(2)9-16(14)11-17(15)19/h4-11H,1H2,2-3H3. The fourth-order valence-corrected chi connectivity index (χ4v) is 2.55. The molecule has 2 heteroatoms. The van der Waals surface area contributed by atoms with Crippen molar-refractivity contribution in [1.82, 2.24) is 0 Å². The highest BCUT2D eigenvalue weighted by molar-refractivity contribution is 6.02. The van der Waals surface area contributed by atoms with Crippen molar-refractivity contribution in [2.75, 3.05) is 0 Å². The number of carbonyl (C=O) groups excluding carboxylic acids is 1. The van der Waals surface area contributed by atoms with Crippen LogP contribution in [0.3, 0.4) is 0 Å². The van der Waals surface area contributed by atoms with Gasteiger partial charge < -0.3 is 4.74 Å². The van der Waals surface area contributed by atoms with Crippen LogP contribution < -0.4 is 4.74 Å². The number of esters is 1. The van der Waals surface area contributed by atoms with Gasteiger partial charge in [-0.15, -0.1) is 0 Å². The van der Waals surface area contributed by atoms with Crippen molar-refractivity contribution in [2.24, 2.45) is 0 Å². The molecule has 0 aliphatic rings. The molecule has 0 saturated carbocycles. The van der Waals surface area contributed by atoms with Crippen LogP contribution in [-0.4, -0.2) is 5.97 Å². The molecule has 104 valence electrons. The number of aryl methyl sites for hydroxylation is 2. The van der Waals surface area contributed by atoms with Gasteiger partial charge in [0.1, 0.15) is 5.75 Å². The maximum absolute atomic E-state index is 11.6. The van der Waals surface area contributed by atoms with Gasteiger partial charge in [-0.2, -0.15) is 0 Å². The Morgan fingerprint density at radius 1 is 1.00 bits per heavy atom. The molecular formula is C19H16O2. The van der Waals surface area contributed by atoms with E-state index in [2.05, 4.69) is 49.9 Å². The molecule has 0 saturated heterocycles. The molecule has 0 aromatic heterocycles. The van der Waals surface area contributed by atoms with Crippen LogP contribution in [0.25, 0.3) is 21.5 Å². The molecule has 3 aromatic carbocycles. The molecule has 0 aliphatic heterocycles. The van der Waals surface area contributed by atoms with Gasteiger partial charge in [-0.25, -0.2) is 4.79 Å². The third kappa shape index (κ3) is 2.40. The first-order chi connectivity index (χ1) is 10.1. The highest BCUT2D eigenvalue weighted by Gasteiger charge is 2.10. The minimum absolute atomic E-state index is 0.435. The predicted molar refractivity (Wildman–Crippen MR) is 86.8 cm³/mol. The summed E-state index contributed by atoms with van der Waals surface area (Å²) in [5.41, 5.74) is 2.14. The van der Waals surface area contributed by atoms with E-state index < -0.39 is 5.97 Å². The summed E-state index contributed by atoms with van der Waals surface area (Å²) in [5, 5.41) is 4.33. The van der Waals surface area contributed by atoms with Crippen molar-refractivity contribution >= 4 is 27.5 Å². The van der Waals surface area contributed by atoms with Gasteiger partial charge in [0.25, 0.3) is 0 Å². The van der Waals surface area contributed by atoms with Crippen LogP contribution in [0.5, 0.6) is 5.75 Å². The van der Waals surface area contributed by atoms with Crippen LogP contribution in [0.1, 0.15) is 11.1 Å². The monoisotopic (exact) mass is 276 g/mol. The minimum atomic E-state index is -0.435. The van der Waals surface area contributed by atoms with Gasteiger partial charge in [0.2, 0.25) is 0 Å². The summed E-state index contributed by atoms with van der Waals surface area (Å²) in [6.07, 6.45) is 1.18. The summed E-state index contributed by atoms with van der Waals surface area (Å²) >= 11 is 0. The first-order valence-corrected chi connectivity index (χ1v) is 6.86. The number of hydrogen-bond acceptors (Lipinski definition) is 2. The summed E-state index contributed by atoms with van der Waals surface area (Å²) in [4.78, 5) is 11.6. The van der Waals surface area contributed by atoms with E-state index in [0.29, 0.717) is 5.75 Å². The van der Waals surface area contributed by atoms with E-state index in [9.17, 15) is 4.79 Å². The number of ether oxygens (including phenoxy) is 1. The van der Waals surface area contributed by atoms with Crippen LogP contribution in [0, 0.1) is 13.8 Å². The highest BCUT2D eigenvalue weighted by atomic mass is 16.5. The zero-order valence-electron chi connectivity index (χ0n) is 12.1. The number of rotatable bonds is 2. The van der Waals surface area contributed by atoms with Crippen molar-refractivity contribution in [1.29, 1.82) is 0 Å². The average Bonchev–Trinajstić information content (AvgIpc) is 2.48. The van der Waals surface area contributed by atoms with E-state index in [1.807, 2.05) is 13.0 Å². The molecule has 0 aliphatic carbocycles. The number of carbonyl (C=O) groups is 1. The normalized spacial score (nSPS) is 10.8. The largest absolute Gasteiger partial charge is 0.422 e. The zero-order chi connectivity index (χ0) is 15.0. The predicted octanol–water partition coefficient (Wildman–Crippen LogP) is 4.70. The number of fused-ring (bicyclic) bond motifs is 2. The Morgan fingerprint density at radius 2 is 1.76 bits per heavy atom. The second kappa shape index (κ2) is 5.06. The molecule has 0 spiro atoms. The molecule has 0 N–H and O–H groups in total. The highest BCUT2D eigenvalue weighted by Crippen LogP contribution is 2.33. The van der Waals surface area contributed by atoms with E-state index in [-0.39, 0.29) is 0 Å². The molecule has 3 rings (SSSR count). The maximum atomic E-state index is 11.6. The van der Waals surface area contributed by atoms with Crippen LogP contribution in [0.2, 0.25) is 0 Å². The Labute approximate surface area is 123 Å². The van der Waals surface area contributed by atoms with Gasteiger partial charge in [0, 0.05) is 11.5 Å². The second-order valence-corrected chi connectivity index (χ2v) is 5.26. The zero-order valence-corrected chi connectivity index (χ0v) is 12.1. The third-order valence-corrected chi connectivity index (χ3v) is 3.65. The van der Waals surface area contributed by atoms with Crippen molar-refractivity contribution in [3.8, 4) is 5.75 Å². The smallest absolute Gasteiger partial charge is 0.335 e. The Hall–Kier alpha value is -2.61. The van der Waals surface area contributed by atoms with Crippen LogP contribution >= 0.6 is 0 Å². The molecule has 21 heavy (non-hydrogen) atoms. The summed E-state index contributed by atoms with van der Waals surface area (Å²) in [7, 11) is 0. The van der Waals surface area contributed by atoms with Crippen molar-refractivity contribution in [3.05, 3.63) is 66.2 Å². The van der Waals surface area contributed by atoms with Gasteiger partial charge >= 0.3 is 5.97 Å².